The molecule has 22 heavy (non-hydrogen) atoms. The molecule has 2 N–H and O–H groups in total. The Bertz CT molecular complexity index is 625. The molecule has 0 saturated carbocycles. The second-order valence-corrected chi connectivity index (χ2v) is 4.98. The molecule has 0 fully saturated rings. The summed E-state index contributed by atoms with van der Waals surface area (Å²) < 4.78 is 1.95. The number of anilines is 1. The van der Waals surface area contributed by atoms with Gasteiger partial charge in [-0.05, 0) is 30.7 Å². The number of hydrogen-bond acceptors (Lipinski definition) is 5. The Kier molecular flexibility index (Phi) is 5.79. The van der Waals surface area contributed by atoms with Gasteiger partial charge in [-0.2, -0.15) is 0 Å². The highest BCUT2D eigenvalue weighted by molar-refractivity contribution is 6.30. The van der Waals surface area contributed by atoms with E-state index in [1.807, 2.05) is 10.8 Å². The molecular weight excluding hydrogens is 306 g/mol. The van der Waals surface area contributed by atoms with E-state index in [9.17, 15) is 10.1 Å². The van der Waals surface area contributed by atoms with E-state index < -0.39 is 4.92 Å². The van der Waals surface area contributed by atoms with E-state index >= 15 is 0 Å². The lowest BCUT2D eigenvalue weighted by Gasteiger charge is -2.11. The summed E-state index contributed by atoms with van der Waals surface area (Å²) in [5.74, 6) is 0.331. The molecule has 0 aliphatic heterocycles. The number of aryl methyl sites for hydroxylation is 1. The second-order valence-electron chi connectivity index (χ2n) is 4.54. The van der Waals surface area contributed by atoms with Crippen LogP contribution in [0.1, 0.15) is 6.42 Å². The molecule has 116 valence electrons. The lowest BCUT2D eigenvalue weighted by Crippen LogP contribution is -2.22. The summed E-state index contributed by atoms with van der Waals surface area (Å²) in [4.78, 5) is 14.1. The van der Waals surface area contributed by atoms with E-state index in [2.05, 4.69) is 15.6 Å². The summed E-state index contributed by atoms with van der Waals surface area (Å²) in [7, 11) is 0. The molecule has 0 aliphatic rings. The fourth-order valence-electron chi connectivity index (χ4n) is 1.82. The summed E-state index contributed by atoms with van der Waals surface area (Å²) in [5, 5.41) is 17.3. The molecule has 0 unspecified atom stereocenters. The van der Waals surface area contributed by atoms with Gasteiger partial charge in [0.05, 0.1) is 11.3 Å². The lowest BCUT2D eigenvalue weighted by molar-refractivity contribution is -0.403. The van der Waals surface area contributed by atoms with Gasteiger partial charge >= 0.3 is 0 Å². The first-order chi connectivity index (χ1) is 10.6. The molecule has 0 bridgehead atoms. The van der Waals surface area contributed by atoms with E-state index in [0.717, 1.165) is 24.9 Å². The molecule has 0 spiro atoms. The third-order valence-corrected chi connectivity index (χ3v) is 3.08. The minimum atomic E-state index is -0.499. The molecule has 1 heterocycles. The van der Waals surface area contributed by atoms with Crippen LogP contribution in [0.5, 0.6) is 0 Å². The van der Waals surface area contributed by atoms with Crippen LogP contribution in [0.15, 0.2) is 55.0 Å². The molecule has 2 aromatic rings. The van der Waals surface area contributed by atoms with Crippen LogP contribution in [0.2, 0.25) is 5.02 Å². The normalized spacial score (nSPS) is 11.2. The molecule has 1 aromatic carbocycles. The zero-order chi connectivity index (χ0) is 15.8. The van der Waals surface area contributed by atoms with Gasteiger partial charge in [-0.3, -0.25) is 10.1 Å². The minimum absolute atomic E-state index is 0.331. The maximum Gasteiger partial charge on any atom is 0.274 e. The number of benzene rings is 1. The Morgan fingerprint density at radius 2 is 2.18 bits per heavy atom. The van der Waals surface area contributed by atoms with Crippen LogP contribution in [0.3, 0.4) is 0 Å². The Hall–Kier alpha value is -2.54. The van der Waals surface area contributed by atoms with Crippen molar-refractivity contribution >= 4 is 17.3 Å². The standard InChI is InChI=1S/C14H16ClN5O2/c15-12-2-4-13(5-3-12)18-14(10-20(21)22)17-6-1-8-19-9-7-16-11-19/h2-5,7,9-11,17-18H,1,6,8H2/b14-10+. The molecule has 1 aromatic heterocycles. The molecular formula is C14H16ClN5O2. The van der Waals surface area contributed by atoms with Crippen LogP contribution in [0.25, 0.3) is 0 Å². The molecule has 7 nitrogen and oxygen atoms in total. The van der Waals surface area contributed by atoms with Gasteiger partial charge in [0.1, 0.15) is 0 Å². The van der Waals surface area contributed by atoms with Crippen LogP contribution in [-0.2, 0) is 6.54 Å². The minimum Gasteiger partial charge on any atom is -0.366 e. The fraction of sp³-hybridized carbons (Fsp3) is 0.214. The van der Waals surface area contributed by atoms with Gasteiger partial charge in [-0.15, -0.1) is 0 Å². The molecule has 0 saturated heterocycles. The summed E-state index contributed by atoms with van der Waals surface area (Å²) in [6.07, 6.45) is 7.05. The van der Waals surface area contributed by atoms with Crippen molar-refractivity contribution in [2.75, 3.05) is 11.9 Å². The van der Waals surface area contributed by atoms with E-state index in [0.29, 0.717) is 17.4 Å². The van der Waals surface area contributed by atoms with E-state index in [1.54, 1.807) is 36.8 Å². The van der Waals surface area contributed by atoms with Crippen LogP contribution >= 0.6 is 11.6 Å². The lowest BCUT2D eigenvalue weighted by atomic mass is 10.3. The maximum absolute atomic E-state index is 10.7. The Balaban J connectivity index is 1.86. The fourth-order valence-corrected chi connectivity index (χ4v) is 1.95. The Morgan fingerprint density at radius 3 is 2.82 bits per heavy atom. The van der Waals surface area contributed by atoms with Crippen molar-refractivity contribution in [1.29, 1.82) is 0 Å². The number of imidazole rings is 1. The van der Waals surface area contributed by atoms with Gasteiger partial charge in [0.15, 0.2) is 5.82 Å². The van der Waals surface area contributed by atoms with Crippen molar-refractivity contribution in [3.63, 3.8) is 0 Å². The van der Waals surface area contributed by atoms with Gasteiger partial charge in [-0.25, -0.2) is 4.98 Å². The Labute approximate surface area is 132 Å². The third kappa shape index (κ3) is 5.45. The second kappa shape index (κ2) is 8.04. The zero-order valence-corrected chi connectivity index (χ0v) is 12.5. The topological polar surface area (TPSA) is 85.0 Å². The number of nitrogens with one attached hydrogen (secondary N) is 2. The van der Waals surface area contributed by atoms with Crippen LogP contribution < -0.4 is 10.6 Å². The van der Waals surface area contributed by atoms with E-state index in [-0.39, 0.29) is 0 Å². The molecule has 0 radical (unpaired) electrons. The van der Waals surface area contributed by atoms with Gasteiger partial charge in [0, 0.05) is 36.2 Å². The van der Waals surface area contributed by atoms with Crippen molar-refractivity contribution in [3.05, 3.63) is 70.1 Å². The number of aromatic nitrogens is 2. The van der Waals surface area contributed by atoms with Crippen molar-refractivity contribution in [1.82, 2.24) is 14.9 Å². The number of nitrogens with zero attached hydrogens (tertiary/aromatic N) is 3. The smallest absolute Gasteiger partial charge is 0.274 e. The van der Waals surface area contributed by atoms with Crippen molar-refractivity contribution in [3.8, 4) is 0 Å². The highest BCUT2D eigenvalue weighted by Gasteiger charge is 2.03. The Morgan fingerprint density at radius 1 is 1.41 bits per heavy atom. The van der Waals surface area contributed by atoms with Gasteiger partial charge in [0.2, 0.25) is 0 Å². The molecule has 0 atom stereocenters. The van der Waals surface area contributed by atoms with Crippen molar-refractivity contribution in [2.24, 2.45) is 0 Å². The first-order valence-electron chi connectivity index (χ1n) is 6.71. The van der Waals surface area contributed by atoms with E-state index in [4.69, 9.17) is 11.6 Å². The van der Waals surface area contributed by atoms with Crippen LogP contribution in [0, 0.1) is 10.1 Å². The highest BCUT2D eigenvalue weighted by Crippen LogP contribution is 2.14. The average Bonchev–Trinajstić information content (AvgIpc) is 2.98. The predicted molar refractivity (Wildman–Crippen MR) is 85.0 cm³/mol. The summed E-state index contributed by atoms with van der Waals surface area (Å²) in [6, 6.07) is 6.94. The SMILES string of the molecule is O=[N+]([O-])/C=C(\NCCCn1ccnc1)Nc1ccc(Cl)cc1. The number of hydrogen-bond donors (Lipinski definition) is 2. The van der Waals surface area contributed by atoms with Crippen molar-refractivity contribution in [2.45, 2.75) is 13.0 Å². The predicted octanol–water partition coefficient (Wildman–Crippen LogP) is 2.70. The molecule has 0 amide bonds. The summed E-state index contributed by atoms with van der Waals surface area (Å²) >= 11 is 5.81. The number of nitro groups is 1. The van der Waals surface area contributed by atoms with Gasteiger partial charge < -0.3 is 15.2 Å². The van der Waals surface area contributed by atoms with Crippen LogP contribution in [-0.4, -0.2) is 21.0 Å². The first kappa shape index (κ1) is 15.8. The quantitative estimate of drug-likeness (QED) is 0.443. The molecule has 8 heteroatoms. The van der Waals surface area contributed by atoms with Gasteiger partial charge in [-0.1, -0.05) is 11.6 Å². The van der Waals surface area contributed by atoms with Crippen molar-refractivity contribution < 1.29 is 4.92 Å². The highest BCUT2D eigenvalue weighted by atomic mass is 35.5. The van der Waals surface area contributed by atoms with E-state index in [1.165, 1.54) is 0 Å². The molecule has 2 rings (SSSR count). The summed E-state index contributed by atoms with van der Waals surface area (Å²) in [5.41, 5.74) is 0.722. The third-order valence-electron chi connectivity index (χ3n) is 2.83. The van der Waals surface area contributed by atoms with Crippen LogP contribution in [0.4, 0.5) is 5.69 Å². The number of rotatable bonds is 8. The first-order valence-corrected chi connectivity index (χ1v) is 7.09. The maximum atomic E-state index is 10.7. The number of halogens is 1. The monoisotopic (exact) mass is 321 g/mol. The summed E-state index contributed by atoms with van der Waals surface area (Å²) in [6.45, 7) is 1.39. The van der Waals surface area contributed by atoms with Gasteiger partial charge in [0.25, 0.3) is 6.20 Å². The molecule has 0 aliphatic carbocycles. The average molecular weight is 322 g/mol. The largest absolute Gasteiger partial charge is 0.366 e. The zero-order valence-electron chi connectivity index (χ0n) is 11.8.